The van der Waals surface area contributed by atoms with E-state index in [4.69, 9.17) is 0 Å². The van der Waals surface area contributed by atoms with Gasteiger partial charge >= 0.3 is 0 Å². The molecule has 1 fully saturated rings. The zero-order valence-electron chi connectivity index (χ0n) is 10.6. The van der Waals surface area contributed by atoms with Gasteiger partial charge in [-0.3, -0.25) is 0 Å². The van der Waals surface area contributed by atoms with Gasteiger partial charge in [0.15, 0.2) is 0 Å². The number of hydrogen-bond acceptors (Lipinski definition) is 3. The van der Waals surface area contributed by atoms with Crippen LogP contribution in [-0.4, -0.2) is 18.2 Å². The Morgan fingerprint density at radius 1 is 1.47 bits per heavy atom. The zero-order chi connectivity index (χ0) is 12.1. The first-order valence-electron chi connectivity index (χ1n) is 6.68. The standard InChI is InChI=1S/C14H23NOS/c1-2-14(7-3-4-8-14)11-15-10-12(16)13-6-5-9-17-13/h5-6,9,12,15-16H,2-4,7-8,10-11H2,1H3. The highest BCUT2D eigenvalue weighted by Crippen LogP contribution is 2.40. The van der Waals surface area contributed by atoms with Crippen molar-refractivity contribution in [2.24, 2.45) is 5.41 Å². The van der Waals surface area contributed by atoms with E-state index in [0.717, 1.165) is 11.4 Å². The van der Waals surface area contributed by atoms with Crippen molar-refractivity contribution < 1.29 is 5.11 Å². The molecule has 1 aromatic heterocycles. The summed E-state index contributed by atoms with van der Waals surface area (Å²) in [6.45, 7) is 4.04. The van der Waals surface area contributed by atoms with Crippen LogP contribution in [0.3, 0.4) is 0 Å². The van der Waals surface area contributed by atoms with E-state index in [9.17, 15) is 5.11 Å². The second kappa shape index (κ2) is 5.98. The number of aliphatic hydroxyl groups is 1. The largest absolute Gasteiger partial charge is 0.386 e. The number of nitrogens with one attached hydrogen (secondary N) is 1. The summed E-state index contributed by atoms with van der Waals surface area (Å²) in [5.74, 6) is 0. The van der Waals surface area contributed by atoms with Crippen molar-refractivity contribution in [2.45, 2.75) is 45.1 Å². The molecule has 3 heteroatoms. The molecule has 0 aliphatic heterocycles. The fraction of sp³-hybridized carbons (Fsp3) is 0.714. The second-order valence-corrected chi connectivity index (χ2v) is 6.20. The van der Waals surface area contributed by atoms with E-state index in [1.807, 2.05) is 17.5 Å². The van der Waals surface area contributed by atoms with Gasteiger partial charge in [-0.2, -0.15) is 0 Å². The van der Waals surface area contributed by atoms with Gasteiger partial charge in [0, 0.05) is 18.0 Å². The van der Waals surface area contributed by atoms with Crippen LogP contribution >= 0.6 is 11.3 Å². The summed E-state index contributed by atoms with van der Waals surface area (Å²) in [5, 5.41) is 15.5. The van der Waals surface area contributed by atoms with Crippen molar-refractivity contribution in [1.82, 2.24) is 5.32 Å². The Labute approximate surface area is 108 Å². The van der Waals surface area contributed by atoms with Crippen molar-refractivity contribution in [3.63, 3.8) is 0 Å². The Morgan fingerprint density at radius 3 is 2.82 bits per heavy atom. The molecule has 0 spiro atoms. The number of thiophene rings is 1. The first-order chi connectivity index (χ1) is 8.26. The highest BCUT2D eigenvalue weighted by Gasteiger charge is 2.31. The normalized spacial score (nSPS) is 20.6. The summed E-state index contributed by atoms with van der Waals surface area (Å²) >= 11 is 1.63. The summed E-state index contributed by atoms with van der Waals surface area (Å²) in [4.78, 5) is 1.06. The second-order valence-electron chi connectivity index (χ2n) is 5.22. The van der Waals surface area contributed by atoms with Crippen LogP contribution in [0.4, 0.5) is 0 Å². The molecule has 1 unspecified atom stereocenters. The predicted molar refractivity (Wildman–Crippen MR) is 73.3 cm³/mol. The summed E-state index contributed by atoms with van der Waals surface area (Å²) < 4.78 is 0. The average molecular weight is 253 g/mol. The van der Waals surface area contributed by atoms with Gasteiger partial charge in [0.05, 0.1) is 0 Å². The summed E-state index contributed by atoms with van der Waals surface area (Å²) in [6, 6.07) is 4.00. The molecule has 2 nitrogen and oxygen atoms in total. The minimum Gasteiger partial charge on any atom is -0.386 e. The Bertz CT molecular complexity index is 317. The third-order valence-corrected chi connectivity index (χ3v) is 5.10. The van der Waals surface area contributed by atoms with E-state index in [1.54, 1.807) is 11.3 Å². The molecule has 0 aromatic carbocycles. The minimum absolute atomic E-state index is 0.342. The Morgan fingerprint density at radius 2 is 2.24 bits per heavy atom. The maximum atomic E-state index is 9.99. The molecule has 0 saturated heterocycles. The third-order valence-electron chi connectivity index (χ3n) is 4.12. The fourth-order valence-electron chi connectivity index (χ4n) is 2.84. The van der Waals surface area contributed by atoms with E-state index in [-0.39, 0.29) is 6.10 Å². The maximum absolute atomic E-state index is 9.99. The molecule has 1 atom stereocenters. The number of aliphatic hydroxyl groups excluding tert-OH is 1. The first kappa shape index (κ1) is 13.1. The average Bonchev–Trinajstić information content (AvgIpc) is 3.01. The van der Waals surface area contributed by atoms with Crippen molar-refractivity contribution in [2.75, 3.05) is 13.1 Å². The summed E-state index contributed by atoms with van der Waals surface area (Å²) in [7, 11) is 0. The number of rotatable bonds is 6. The topological polar surface area (TPSA) is 32.3 Å². The first-order valence-corrected chi connectivity index (χ1v) is 7.56. The molecular weight excluding hydrogens is 230 g/mol. The van der Waals surface area contributed by atoms with Gasteiger partial charge in [-0.25, -0.2) is 0 Å². The summed E-state index contributed by atoms with van der Waals surface area (Å²) in [5.41, 5.74) is 0.509. The van der Waals surface area contributed by atoms with E-state index >= 15 is 0 Å². The molecule has 1 aliphatic carbocycles. The summed E-state index contributed by atoms with van der Waals surface area (Å²) in [6.07, 6.45) is 6.38. The lowest BCUT2D eigenvalue weighted by molar-refractivity contribution is 0.167. The van der Waals surface area contributed by atoms with Gasteiger partial charge in [0.2, 0.25) is 0 Å². The van der Waals surface area contributed by atoms with Crippen molar-refractivity contribution in [1.29, 1.82) is 0 Å². The maximum Gasteiger partial charge on any atom is 0.101 e. The molecular formula is C14H23NOS. The van der Waals surface area contributed by atoms with Crippen LogP contribution in [0.2, 0.25) is 0 Å². The highest BCUT2D eigenvalue weighted by atomic mass is 32.1. The minimum atomic E-state index is -0.342. The van der Waals surface area contributed by atoms with Crippen LogP contribution in [0.5, 0.6) is 0 Å². The molecule has 17 heavy (non-hydrogen) atoms. The molecule has 2 rings (SSSR count). The van der Waals surface area contributed by atoms with E-state index in [2.05, 4.69) is 12.2 Å². The Hall–Kier alpha value is -0.380. The monoisotopic (exact) mass is 253 g/mol. The predicted octanol–water partition coefficient (Wildman–Crippen LogP) is 3.34. The lowest BCUT2D eigenvalue weighted by Crippen LogP contribution is -2.33. The van der Waals surface area contributed by atoms with Gasteiger partial charge in [-0.15, -0.1) is 11.3 Å². The molecule has 0 amide bonds. The molecule has 2 N–H and O–H groups in total. The SMILES string of the molecule is CCC1(CNCC(O)c2cccs2)CCCC1. The van der Waals surface area contributed by atoms with Gasteiger partial charge in [0.25, 0.3) is 0 Å². The smallest absolute Gasteiger partial charge is 0.101 e. The van der Waals surface area contributed by atoms with Crippen LogP contribution in [-0.2, 0) is 0 Å². The lowest BCUT2D eigenvalue weighted by Gasteiger charge is -2.28. The third kappa shape index (κ3) is 3.30. The Kier molecular flexibility index (Phi) is 4.60. The van der Waals surface area contributed by atoms with Gasteiger partial charge in [0.1, 0.15) is 6.10 Å². The van der Waals surface area contributed by atoms with E-state index in [0.29, 0.717) is 12.0 Å². The van der Waals surface area contributed by atoms with Gasteiger partial charge in [-0.05, 0) is 36.1 Å². The molecule has 1 aromatic rings. The Balaban J connectivity index is 1.75. The van der Waals surface area contributed by atoms with Gasteiger partial charge in [-0.1, -0.05) is 25.8 Å². The molecule has 1 saturated carbocycles. The van der Waals surface area contributed by atoms with Crippen LogP contribution in [0.25, 0.3) is 0 Å². The van der Waals surface area contributed by atoms with Crippen LogP contribution in [0.15, 0.2) is 17.5 Å². The van der Waals surface area contributed by atoms with E-state index < -0.39 is 0 Å². The molecule has 0 radical (unpaired) electrons. The molecule has 1 aliphatic rings. The van der Waals surface area contributed by atoms with Crippen molar-refractivity contribution in [3.8, 4) is 0 Å². The van der Waals surface area contributed by atoms with Crippen LogP contribution in [0, 0.1) is 5.41 Å². The molecule has 1 heterocycles. The lowest BCUT2D eigenvalue weighted by atomic mass is 9.83. The van der Waals surface area contributed by atoms with Crippen molar-refractivity contribution in [3.05, 3.63) is 22.4 Å². The van der Waals surface area contributed by atoms with Crippen LogP contribution in [0.1, 0.15) is 50.0 Å². The number of hydrogen-bond donors (Lipinski definition) is 2. The highest BCUT2D eigenvalue weighted by molar-refractivity contribution is 7.10. The van der Waals surface area contributed by atoms with Crippen LogP contribution < -0.4 is 5.32 Å². The zero-order valence-corrected chi connectivity index (χ0v) is 11.4. The molecule has 96 valence electrons. The fourth-order valence-corrected chi connectivity index (χ4v) is 3.55. The van der Waals surface area contributed by atoms with E-state index in [1.165, 1.54) is 32.1 Å². The quantitative estimate of drug-likeness (QED) is 0.815. The van der Waals surface area contributed by atoms with Crippen molar-refractivity contribution >= 4 is 11.3 Å². The van der Waals surface area contributed by atoms with Gasteiger partial charge < -0.3 is 10.4 Å². The molecule has 0 bridgehead atoms.